The van der Waals surface area contributed by atoms with Crippen LogP contribution in [0.5, 0.6) is 0 Å². The van der Waals surface area contributed by atoms with Crippen LogP contribution in [-0.4, -0.2) is 39.1 Å². The van der Waals surface area contributed by atoms with E-state index in [1.807, 2.05) is 0 Å². The highest BCUT2D eigenvalue weighted by Crippen LogP contribution is 2.44. The van der Waals surface area contributed by atoms with Crippen molar-refractivity contribution in [2.75, 3.05) is 17.2 Å². The highest BCUT2D eigenvalue weighted by Gasteiger charge is 2.58. The average molecular weight is 467 g/mol. The number of nitrogens with two attached hydrogens (primary N) is 1. The SMILES string of the molecule is CC(C)N1CCCCCCC(O)(C(F)(F)F)c2nnc(o2)-c2nc1c(C(F)(F)F)cc2N. The summed E-state index contributed by atoms with van der Waals surface area (Å²) in [4.78, 5) is 5.47. The van der Waals surface area contributed by atoms with E-state index in [2.05, 4.69) is 15.2 Å². The second-order valence-corrected chi connectivity index (χ2v) is 8.02. The van der Waals surface area contributed by atoms with E-state index >= 15 is 0 Å². The maximum Gasteiger partial charge on any atom is 0.426 e. The van der Waals surface area contributed by atoms with Crippen molar-refractivity contribution in [3.8, 4) is 11.6 Å². The highest BCUT2D eigenvalue weighted by atomic mass is 19.4. The molecule has 1 atom stereocenters. The fourth-order valence-corrected chi connectivity index (χ4v) is 3.60. The molecule has 32 heavy (non-hydrogen) atoms. The molecule has 0 saturated heterocycles. The lowest BCUT2D eigenvalue weighted by molar-refractivity contribution is -0.277. The lowest BCUT2D eigenvalue weighted by atomic mass is 9.95. The van der Waals surface area contributed by atoms with Crippen molar-refractivity contribution in [1.82, 2.24) is 15.2 Å². The van der Waals surface area contributed by atoms with Crippen molar-refractivity contribution in [2.45, 2.75) is 69.9 Å². The van der Waals surface area contributed by atoms with Gasteiger partial charge in [-0.3, -0.25) is 0 Å². The molecule has 3 rings (SSSR count). The Morgan fingerprint density at radius 3 is 2.34 bits per heavy atom. The first-order valence-electron chi connectivity index (χ1n) is 10.0. The Morgan fingerprint density at radius 2 is 1.75 bits per heavy atom. The average Bonchev–Trinajstić information content (AvgIpc) is 3.15. The Labute approximate surface area is 179 Å². The summed E-state index contributed by atoms with van der Waals surface area (Å²) >= 11 is 0. The number of alkyl halides is 6. The van der Waals surface area contributed by atoms with Gasteiger partial charge in [0, 0.05) is 12.6 Å². The molecule has 7 nitrogen and oxygen atoms in total. The quantitative estimate of drug-likeness (QED) is 0.588. The van der Waals surface area contributed by atoms with Crippen molar-refractivity contribution in [3.63, 3.8) is 0 Å². The van der Waals surface area contributed by atoms with Gasteiger partial charge in [0.15, 0.2) is 5.69 Å². The zero-order chi connectivity index (χ0) is 23.9. The smallest absolute Gasteiger partial charge is 0.416 e. The van der Waals surface area contributed by atoms with Gasteiger partial charge in [-0.1, -0.05) is 12.8 Å². The van der Waals surface area contributed by atoms with Gasteiger partial charge in [0.25, 0.3) is 11.8 Å². The van der Waals surface area contributed by atoms with Crippen LogP contribution in [0.1, 0.15) is 57.4 Å². The van der Waals surface area contributed by atoms with Crippen LogP contribution >= 0.6 is 0 Å². The molecule has 3 N–H and O–H groups in total. The van der Waals surface area contributed by atoms with E-state index in [0.29, 0.717) is 25.3 Å². The fourth-order valence-electron chi connectivity index (χ4n) is 3.60. The van der Waals surface area contributed by atoms with Crippen molar-refractivity contribution in [2.24, 2.45) is 0 Å². The normalized spacial score (nSPS) is 21.0. The van der Waals surface area contributed by atoms with Crippen LogP contribution in [0.3, 0.4) is 0 Å². The Balaban J connectivity index is 2.24. The van der Waals surface area contributed by atoms with Crippen LogP contribution in [0.4, 0.5) is 37.8 Å². The number of nitrogens with zero attached hydrogens (tertiary/aromatic N) is 4. The molecule has 0 spiro atoms. The van der Waals surface area contributed by atoms with E-state index in [1.54, 1.807) is 13.8 Å². The molecule has 0 amide bonds. The summed E-state index contributed by atoms with van der Waals surface area (Å²) in [6, 6.07) is 0.292. The topological polar surface area (TPSA) is 101 Å². The van der Waals surface area contributed by atoms with Gasteiger partial charge >= 0.3 is 12.4 Å². The Hall–Kier alpha value is -2.57. The number of hydrogen-bond acceptors (Lipinski definition) is 7. The van der Waals surface area contributed by atoms with Gasteiger partial charge in [-0.15, -0.1) is 10.2 Å². The van der Waals surface area contributed by atoms with Gasteiger partial charge in [-0.2, -0.15) is 26.3 Å². The minimum Gasteiger partial charge on any atom is -0.416 e. The largest absolute Gasteiger partial charge is 0.426 e. The van der Waals surface area contributed by atoms with Gasteiger partial charge in [0.05, 0.1) is 5.69 Å². The van der Waals surface area contributed by atoms with Crippen LogP contribution in [0.2, 0.25) is 0 Å². The van der Waals surface area contributed by atoms with Crippen molar-refractivity contribution in [1.29, 1.82) is 0 Å². The molecule has 0 saturated carbocycles. The summed E-state index contributed by atoms with van der Waals surface area (Å²) < 4.78 is 87.2. The molecule has 13 heteroatoms. The minimum atomic E-state index is -5.10. The molecule has 0 fully saturated rings. The summed E-state index contributed by atoms with van der Waals surface area (Å²) in [7, 11) is 0. The highest BCUT2D eigenvalue weighted by molar-refractivity contribution is 5.71. The second-order valence-electron chi connectivity index (χ2n) is 8.02. The monoisotopic (exact) mass is 467 g/mol. The number of fused-ring (bicyclic) bond motifs is 5. The Morgan fingerprint density at radius 1 is 1.09 bits per heavy atom. The van der Waals surface area contributed by atoms with E-state index < -0.39 is 53.2 Å². The standard InChI is InChI=1S/C19H23F6N5O2/c1-10(2)30-8-6-4-3-5-7-17(31,19(23,24)25)16-29-28-15(32-16)13-12(26)9-11(14(30)27-13)18(20,21)22/h9-10,31H,3-8,26H2,1-2H3. The summed E-state index contributed by atoms with van der Waals surface area (Å²) in [6.07, 6.45) is -9.41. The molecule has 0 aliphatic carbocycles. The molecule has 3 heterocycles. The zero-order valence-corrected chi connectivity index (χ0v) is 17.4. The molecule has 4 bridgehead atoms. The summed E-state index contributed by atoms with van der Waals surface area (Å²) in [5.74, 6) is -2.16. The van der Waals surface area contributed by atoms with E-state index in [-0.39, 0.29) is 24.7 Å². The Kier molecular flexibility index (Phi) is 6.33. The molecule has 1 unspecified atom stereocenters. The van der Waals surface area contributed by atoms with Crippen LogP contribution in [0, 0.1) is 0 Å². The molecule has 1 aliphatic heterocycles. The third-order valence-electron chi connectivity index (χ3n) is 5.37. The van der Waals surface area contributed by atoms with Crippen molar-refractivity contribution in [3.05, 3.63) is 17.5 Å². The number of anilines is 2. The van der Waals surface area contributed by atoms with Crippen molar-refractivity contribution < 1.29 is 35.9 Å². The fraction of sp³-hybridized carbons (Fsp3) is 0.632. The van der Waals surface area contributed by atoms with E-state index in [9.17, 15) is 31.4 Å². The lowest BCUT2D eigenvalue weighted by Gasteiger charge is -2.31. The molecule has 1 aliphatic rings. The molecular formula is C19H23F6N5O2. The first-order chi connectivity index (χ1) is 14.8. The van der Waals surface area contributed by atoms with Crippen LogP contribution < -0.4 is 10.6 Å². The third-order valence-corrected chi connectivity index (χ3v) is 5.37. The van der Waals surface area contributed by atoms with Gasteiger partial charge in [-0.05, 0) is 39.2 Å². The second kappa shape index (κ2) is 8.41. The summed E-state index contributed by atoms with van der Waals surface area (Å²) in [6.45, 7) is 3.60. The third kappa shape index (κ3) is 4.48. The maximum absolute atomic E-state index is 13.7. The van der Waals surface area contributed by atoms with Gasteiger partial charge in [0.1, 0.15) is 11.4 Å². The number of nitrogen functional groups attached to an aromatic ring is 1. The molecular weight excluding hydrogens is 444 g/mol. The maximum atomic E-state index is 13.7. The lowest BCUT2D eigenvalue weighted by Crippen LogP contribution is -2.42. The number of rotatable bonds is 1. The van der Waals surface area contributed by atoms with Gasteiger partial charge in [-0.25, -0.2) is 4.98 Å². The molecule has 2 aromatic heterocycles. The Bertz CT molecular complexity index is 959. The zero-order valence-electron chi connectivity index (χ0n) is 17.4. The van der Waals surface area contributed by atoms with Crippen LogP contribution in [0.25, 0.3) is 11.6 Å². The van der Waals surface area contributed by atoms with Crippen LogP contribution in [0.15, 0.2) is 10.5 Å². The number of pyridine rings is 1. The predicted octanol–water partition coefficient (Wildman–Crippen LogP) is 4.66. The summed E-state index contributed by atoms with van der Waals surface area (Å²) in [5, 5.41) is 17.2. The molecule has 178 valence electrons. The minimum absolute atomic E-state index is 0.00507. The number of hydrogen-bond donors (Lipinski definition) is 2. The molecule has 0 aromatic carbocycles. The predicted molar refractivity (Wildman–Crippen MR) is 102 cm³/mol. The number of aromatic nitrogens is 3. The first kappa shape index (κ1) is 24.1. The van der Waals surface area contributed by atoms with Crippen molar-refractivity contribution >= 4 is 11.5 Å². The number of aliphatic hydroxyl groups is 1. The molecule has 0 radical (unpaired) electrons. The van der Waals surface area contributed by atoms with Crippen LogP contribution in [-0.2, 0) is 11.8 Å². The number of halogens is 6. The first-order valence-corrected chi connectivity index (χ1v) is 10.0. The van der Waals surface area contributed by atoms with E-state index in [1.165, 1.54) is 4.90 Å². The molecule has 2 aromatic rings. The van der Waals surface area contributed by atoms with E-state index in [4.69, 9.17) is 10.2 Å². The summed E-state index contributed by atoms with van der Waals surface area (Å²) in [5.41, 5.74) is 0.391. The van der Waals surface area contributed by atoms with E-state index in [0.717, 1.165) is 0 Å². The van der Waals surface area contributed by atoms with Gasteiger partial charge < -0.3 is 20.2 Å². The van der Waals surface area contributed by atoms with Gasteiger partial charge in [0.2, 0.25) is 5.60 Å².